The molecule has 0 amide bonds. The Morgan fingerprint density at radius 1 is 1.58 bits per heavy atom. The van der Waals surface area contributed by atoms with Gasteiger partial charge in [-0.3, -0.25) is 0 Å². The van der Waals surface area contributed by atoms with E-state index in [-0.39, 0.29) is 12.1 Å². The molecule has 0 unspecified atom stereocenters. The monoisotopic (exact) mass is 476 g/mol. The van der Waals surface area contributed by atoms with Crippen molar-refractivity contribution in [3.63, 3.8) is 0 Å². The molecule has 0 aliphatic carbocycles. The van der Waals surface area contributed by atoms with Gasteiger partial charge in [-0.25, -0.2) is 22.9 Å². The van der Waals surface area contributed by atoms with Crippen molar-refractivity contribution in [2.24, 2.45) is 0 Å². The molecule has 0 atom stereocenters. The summed E-state index contributed by atoms with van der Waals surface area (Å²) in [5.41, 5.74) is 0.912. The number of carboxylic acid groups (broad SMARTS) is 1. The number of thiophene rings is 1. The molecule has 0 aliphatic heterocycles. The van der Waals surface area contributed by atoms with Gasteiger partial charge in [-0.2, -0.15) is 0 Å². The molecule has 2 aromatic heterocycles. The number of carboxylic acids is 1. The lowest BCUT2D eigenvalue weighted by Gasteiger charge is -2.03. The highest BCUT2D eigenvalue weighted by Gasteiger charge is 2.16. The predicted molar refractivity (Wildman–Crippen MR) is 84.1 cm³/mol. The highest BCUT2D eigenvalue weighted by atomic mass is 127. The lowest BCUT2D eigenvalue weighted by atomic mass is 10.2. The van der Waals surface area contributed by atoms with Crippen LogP contribution < -0.4 is 4.72 Å². The van der Waals surface area contributed by atoms with E-state index < -0.39 is 13.2 Å². The molecule has 0 radical (unpaired) electrons. The molecule has 102 valence electrons. The van der Waals surface area contributed by atoms with E-state index in [4.69, 9.17) is 5.11 Å². The van der Waals surface area contributed by atoms with Crippen LogP contribution in [0.5, 0.6) is 0 Å². The number of carbonyl (C=O) groups is 1. The van der Waals surface area contributed by atoms with E-state index in [0.717, 1.165) is 4.70 Å². The zero-order valence-electron chi connectivity index (χ0n) is 9.05. The average Bonchev–Trinajstić information content (AvgIpc) is 2.69. The Labute approximate surface area is 133 Å². The van der Waals surface area contributed by atoms with E-state index in [0.29, 0.717) is 15.7 Å². The minimum Gasteiger partial charge on any atom is -0.478 e. The molecule has 10 heteroatoms. The van der Waals surface area contributed by atoms with Gasteiger partial charge >= 0.3 is 5.97 Å². The van der Waals surface area contributed by atoms with E-state index in [1.807, 2.05) is 0 Å². The zero-order valence-corrected chi connectivity index (χ0v) is 14.4. The molecule has 0 aliphatic rings. The Balaban J connectivity index is 2.47. The van der Waals surface area contributed by atoms with Crippen molar-refractivity contribution in [2.45, 2.75) is 6.54 Å². The first-order valence-electron chi connectivity index (χ1n) is 4.77. The van der Waals surface area contributed by atoms with Gasteiger partial charge in [0.15, 0.2) is 0 Å². The van der Waals surface area contributed by atoms with Crippen LogP contribution in [0.4, 0.5) is 0 Å². The molecular weight excluding hydrogens is 471 g/mol. The second-order valence-corrected chi connectivity index (χ2v) is 9.86. The number of pyridine rings is 1. The first-order chi connectivity index (χ1) is 8.78. The maximum atomic E-state index is 11.1. The number of hydrogen-bond donors (Lipinski definition) is 2. The summed E-state index contributed by atoms with van der Waals surface area (Å²) in [6.45, 7) is 0.00865. The van der Waals surface area contributed by atoms with Gasteiger partial charge in [0.2, 0.25) is 0 Å². The van der Waals surface area contributed by atoms with Gasteiger partial charge < -0.3 is 5.11 Å². The van der Waals surface area contributed by atoms with Crippen LogP contribution in [0, 0.1) is 0 Å². The second-order valence-electron chi connectivity index (χ2n) is 3.49. The molecule has 0 aromatic carbocycles. The molecular formula is C9H6BrIN2O4S2. The van der Waals surface area contributed by atoms with Gasteiger partial charge in [0.1, 0.15) is 0 Å². The fourth-order valence-electron chi connectivity index (χ4n) is 1.42. The standard InChI is InChI=1S/C9H6BrIN2O4S2/c10-6-1-4(2-12-19(11,16)17)13-7-5(9(14)15)3-18-8(6)7/h1,3,12H,2H2,(H,14,15). The largest absolute Gasteiger partial charge is 0.478 e. The minimum absolute atomic E-state index is 0.00865. The summed E-state index contributed by atoms with van der Waals surface area (Å²) in [6, 6.07) is 1.67. The highest BCUT2D eigenvalue weighted by Crippen LogP contribution is 2.31. The van der Waals surface area contributed by atoms with Gasteiger partial charge in [-0.05, 0) is 22.0 Å². The Bertz CT molecular complexity index is 759. The van der Waals surface area contributed by atoms with Crippen molar-refractivity contribution in [3.8, 4) is 0 Å². The quantitative estimate of drug-likeness (QED) is 0.522. The first-order valence-corrected chi connectivity index (χ1v) is 10.5. The number of aromatic carboxylic acids is 1. The van der Waals surface area contributed by atoms with Crippen LogP contribution in [0.15, 0.2) is 15.9 Å². The highest BCUT2D eigenvalue weighted by molar-refractivity contribution is 14.2. The summed E-state index contributed by atoms with van der Waals surface area (Å²) in [5, 5.41) is 10.6. The van der Waals surface area contributed by atoms with Gasteiger partial charge in [-0.15, -0.1) is 11.3 Å². The van der Waals surface area contributed by atoms with Crippen LogP contribution in [0.2, 0.25) is 0 Å². The smallest absolute Gasteiger partial charge is 0.338 e. The average molecular weight is 477 g/mol. The second kappa shape index (κ2) is 5.60. The van der Waals surface area contributed by atoms with Crippen LogP contribution in [0.3, 0.4) is 0 Å². The Morgan fingerprint density at radius 2 is 2.26 bits per heavy atom. The number of rotatable bonds is 4. The molecule has 2 aromatic rings. The molecule has 19 heavy (non-hydrogen) atoms. The summed E-state index contributed by atoms with van der Waals surface area (Å²) < 4.78 is 25.8. The van der Waals surface area contributed by atoms with Gasteiger partial charge in [0.25, 0.3) is 7.19 Å². The van der Waals surface area contributed by atoms with Crippen molar-refractivity contribution in [1.29, 1.82) is 0 Å². The number of fused-ring (bicyclic) bond motifs is 1. The van der Waals surface area contributed by atoms with E-state index in [9.17, 15) is 13.2 Å². The molecule has 2 rings (SSSR count). The number of nitrogens with zero attached hydrogens (tertiary/aromatic N) is 1. The zero-order chi connectivity index (χ0) is 14.2. The Hall–Kier alpha value is -0.300. The van der Waals surface area contributed by atoms with Gasteiger partial charge in [0.05, 0.1) is 49.2 Å². The van der Waals surface area contributed by atoms with Crippen molar-refractivity contribution < 1.29 is 18.3 Å². The molecule has 0 saturated heterocycles. The molecule has 0 spiro atoms. The van der Waals surface area contributed by atoms with Crippen molar-refractivity contribution in [1.82, 2.24) is 9.71 Å². The Kier molecular flexibility index (Phi) is 4.45. The first kappa shape index (κ1) is 15.1. The molecule has 0 fully saturated rings. The number of aromatic nitrogens is 1. The van der Waals surface area contributed by atoms with E-state index >= 15 is 0 Å². The number of halogens is 2. The normalized spacial score (nSPS) is 11.9. The lowest BCUT2D eigenvalue weighted by molar-refractivity contribution is 0.0699. The number of hydrogen-bond acceptors (Lipinski definition) is 5. The lowest BCUT2D eigenvalue weighted by Crippen LogP contribution is -2.17. The fraction of sp³-hybridized carbons (Fsp3) is 0.111. The SMILES string of the molecule is O=C(O)c1csc2c(Br)cc(CNS(=O)(=O)I)nc12. The molecule has 6 nitrogen and oxygen atoms in total. The van der Waals surface area contributed by atoms with Crippen LogP contribution in [0.1, 0.15) is 16.1 Å². The van der Waals surface area contributed by atoms with E-state index in [1.165, 1.54) is 37.9 Å². The Morgan fingerprint density at radius 3 is 2.84 bits per heavy atom. The van der Waals surface area contributed by atoms with Crippen LogP contribution in [-0.4, -0.2) is 24.5 Å². The van der Waals surface area contributed by atoms with E-state index in [2.05, 4.69) is 25.6 Å². The summed E-state index contributed by atoms with van der Waals surface area (Å²) in [5.74, 6) is -1.06. The predicted octanol–water partition coefficient (Wildman–Crippen LogP) is 2.53. The maximum absolute atomic E-state index is 11.1. The summed E-state index contributed by atoms with van der Waals surface area (Å²) >= 11 is 5.88. The third-order valence-electron chi connectivity index (χ3n) is 2.19. The van der Waals surface area contributed by atoms with Crippen LogP contribution in [-0.2, 0) is 13.7 Å². The molecule has 2 heterocycles. The van der Waals surface area contributed by atoms with Crippen molar-refractivity contribution in [2.75, 3.05) is 0 Å². The molecule has 0 bridgehead atoms. The van der Waals surface area contributed by atoms with Crippen molar-refractivity contribution in [3.05, 3.63) is 27.2 Å². The van der Waals surface area contributed by atoms with Crippen molar-refractivity contribution >= 4 is 71.9 Å². The summed E-state index contributed by atoms with van der Waals surface area (Å²) in [6.07, 6.45) is 0. The molecule has 2 N–H and O–H groups in total. The van der Waals surface area contributed by atoms with Gasteiger partial charge in [-0.1, -0.05) is 0 Å². The minimum atomic E-state index is -3.35. The summed E-state index contributed by atoms with van der Waals surface area (Å²) in [7, 11) is -3.35. The maximum Gasteiger partial charge on any atom is 0.338 e. The summed E-state index contributed by atoms with van der Waals surface area (Å²) in [4.78, 5) is 15.2. The van der Waals surface area contributed by atoms with Crippen LogP contribution in [0.25, 0.3) is 10.2 Å². The third kappa shape index (κ3) is 3.62. The number of nitrogens with one attached hydrogen (secondary N) is 1. The topological polar surface area (TPSA) is 96.4 Å². The van der Waals surface area contributed by atoms with E-state index in [1.54, 1.807) is 6.07 Å². The molecule has 0 saturated carbocycles. The van der Waals surface area contributed by atoms with Gasteiger partial charge in [0, 0.05) is 9.85 Å². The third-order valence-corrected chi connectivity index (χ3v) is 5.50. The fourth-order valence-corrected chi connectivity index (χ4v) is 3.83. The van der Waals surface area contributed by atoms with Crippen LogP contribution >= 0.6 is 48.5 Å².